The second kappa shape index (κ2) is 9.86. The summed E-state index contributed by atoms with van der Waals surface area (Å²) < 4.78 is 10.8. The van der Waals surface area contributed by atoms with E-state index in [1.807, 2.05) is 48.6 Å². The lowest BCUT2D eigenvalue weighted by Crippen LogP contribution is -2.19. The van der Waals surface area contributed by atoms with Gasteiger partial charge in [0.25, 0.3) is 5.22 Å². The molecule has 29 heavy (non-hydrogen) atoms. The Kier molecular flexibility index (Phi) is 7.24. The van der Waals surface area contributed by atoms with Gasteiger partial charge in [-0.3, -0.25) is 9.69 Å². The summed E-state index contributed by atoms with van der Waals surface area (Å²) in [4.78, 5) is 18.7. The van der Waals surface area contributed by atoms with Crippen molar-refractivity contribution in [3.63, 3.8) is 0 Å². The molecule has 0 bridgehead atoms. The molecule has 10 heteroatoms. The van der Waals surface area contributed by atoms with Crippen molar-refractivity contribution < 1.29 is 13.9 Å². The molecule has 154 valence electrons. The molecule has 0 saturated heterocycles. The highest BCUT2D eigenvalue weighted by molar-refractivity contribution is 7.99. The van der Waals surface area contributed by atoms with Gasteiger partial charge in [-0.05, 0) is 44.8 Å². The molecule has 0 aliphatic heterocycles. The van der Waals surface area contributed by atoms with E-state index in [-0.39, 0.29) is 17.7 Å². The van der Waals surface area contributed by atoms with Crippen LogP contribution in [0.5, 0.6) is 5.75 Å². The van der Waals surface area contributed by atoms with E-state index in [0.717, 1.165) is 23.4 Å². The van der Waals surface area contributed by atoms with Crippen molar-refractivity contribution >= 4 is 34.1 Å². The van der Waals surface area contributed by atoms with Crippen molar-refractivity contribution in [1.29, 1.82) is 0 Å². The molecule has 2 heterocycles. The molecule has 0 spiro atoms. The zero-order chi connectivity index (χ0) is 20.8. The number of hydrogen-bond acceptors (Lipinski definition) is 9. The third-order valence-electron chi connectivity index (χ3n) is 4.18. The number of rotatable bonds is 9. The van der Waals surface area contributed by atoms with Gasteiger partial charge in [-0.25, -0.2) is 4.98 Å². The normalized spacial score (nSPS) is 12.2. The van der Waals surface area contributed by atoms with Gasteiger partial charge >= 0.3 is 0 Å². The van der Waals surface area contributed by atoms with Gasteiger partial charge in [-0.2, -0.15) is 0 Å². The minimum absolute atomic E-state index is 0.0670. The van der Waals surface area contributed by atoms with E-state index < -0.39 is 0 Å². The van der Waals surface area contributed by atoms with Crippen LogP contribution in [-0.2, 0) is 4.79 Å². The number of hydrogen-bond donors (Lipinski definition) is 1. The molecule has 0 fully saturated rings. The third kappa shape index (κ3) is 5.55. The number of anilines is 1. The van der Waals surface area contributed by atoms with Crippen molar-refractivity contribution in [3.8, 4) is 17.0 Å². The second-order valence-corrected chi connectivity index (χ2v) is 8.18. The lowest BCUT2D eigenvalue weighted by atomic mass is 10.2. The summed E-state index contributed by atoms with van der Waals surface area (Å²) in [6.07, 6.45) is 0.861. The Labute approximate surface area is 177 Å². The topological polar surface area (TPSA) is 93.4 Å². The van der Waals surface area contributed by atoms with Gasteiger partial charge in [0.1, 0.15) is 5.75 Å². The summed E-state index contributed by atoms with van der Waals surface area (Å²) in [6, 6.07) is 7.68. The summed E-state index contributed by atoms with van der Waals surface area (Å²) in [6.45, 7) is 2.06. The molecule has 1 atom stereocenters. The van der Waals surface area contributed by atoms with Crippen molar-refractivity contribution in [2.24, 2.45) is 0 Å². The fourth-order valence-electron chi connectivity index (χ4n) is 2.68. The van der Waals surface area contributed by atoms with E-state index in [9.17, 15) is 4.79 Å². The monoisotopic (exact) mass is 433 g/mol. The van der Waals surface area contributed by atoms with Crippen molar-refractivity contribution in [1.82, 2.24) is 20.1 Å². The molecule has 3 rings (SSSR count). The van der Waals surface area contributed by atoms with E-state index in [1.54, 1.807) is 7.11 Å². The van der Waals surface area contributed by atoms with Crippen LogP contribution in [0, 0.1) is 0 Å². The van der Waals surface area contributed by atoms with E-state index in [2.05, 4.69) is 27.4 Å². The molecule has 8 nitrogen and oxygen atoms in total. The van der Waals surface area contributed by atoms with Gasteiger partial charge in [0.05, 0.1) is 24.6 Å². The number of thiazole rings is 1. The number of methoxy groups -OCH3 is 1. The van der Waals surface area contributed by atoms with Crippen molar-refractivity contribution in [2.45, 2.75) is 24.6 Å². The molecule has 1 amide bonds. The van der Waals surface area contributed by atoms with Crippen LogP contribution in [0.4, 0.5) is 5.13 Å². The Balaban J connectivity index is 1.54. The summed E-state index contributed by atoms with van der Waals surface area (Å²) in [7, 11) is 5.56. The van der Waals surface area contributed by atoms with Crippen LogP contribution in [0.1, 0.15) is 25.3 Å². The van der Waals surface area contributed by atoms with Crippen LogP contribution in [0.2, 0.25) is 0 Å². The van der Waals surface area contributed by atoms with Gasteiger partial charge < -0.3 is 14.5 Å². The van der Waals surface area contributed by atoms with Crippen LogP contribution in [0.15, 0.2) is 39.3 Å². The number of ether oxygens (including phenoxy) is 1. The first-order valence-electron chi connectivity index (χ1n) is 9.02. The minimum Gasteiger partial charge on any atom is -0.497 e. The smallest absolute Gasteiger partial charge is 0.277 e. The maximum absolute atomic E-state index is 12.2. The average molecular weight is 434 g/mol. The van der Waals surface area contributed by atoms with E-state index in [1.165, 1.54) is 23.1 Å². The van der Waals surface area contributed by atoms with Gasteiger partial charge in [0, 0.05) is 10.9 Å². The average Bonchev–Trinajstić information content (AvgIpc) is 3.37. The SMILES string of the molecule is CC[C@@H](c1nnc(SCC(=O)Nc2nc(-c3ccc(OC)cc3)cs2)o1)N(C)C. The fourth-order valence-corrected chi connectivity index (χ4v) is 3.99. The second-order valence-electron chi connectivity index (χ2n) is 6.40. The first kappa shape index (κ1) is 21.3. The highest BCUT2D eigenvalue weighted by atomic mass is 32.2. The largest absolute Gasteiger partial charge is 0.497 e. The van der Waals surface area contributed by atoms with Gasteiger partial charge in [0.2, 0.25) is 11.8 Å². The number of carbonyl (C=O) groups excluding carboxylic acids is 1. The number of carbonyl (C=O) groups is 1. The molecule has 0 unspecified atom stereocenters. The Morgan fingerprint density at radius 1 is 1.31 bits per heavy atom. The van der Waals surface area contributed by atoms with Gasteiger partial charge in [-0.1, -0.05) is 18.7 Å². The third-order valence-corrected chi connectivity index (χ3v) is 5.76. The molecular formula is C19H23N5O3S2. The first-order chi connectivity index (χ1) is 14.0. The number of nitrogens with one attached hydrogen (secondary N) is 1. The molecule has 0 aliphatic rings. The first-order valence-corrected chi connectivity index (χ1v) is 10.9. The molecule has 1 aromatic carbocycles. The zero-order valence-corrected chi connectivity index (χ0v) is 18.3. The molecule has 0 aliphatic carbocycles. The maximum atomic E-state index is 12.2. The number of benzene rings is 1. The van der Waals surface area contributed by atoms with Crippen LogP contribution in [0.3, 0.4) is 0 Å². The Bertz CT molecular complexity index is 939. The maximum Gasteiger partial charge on any atom is 0.277 e. The highest BCUT2D eigenvalue weighted by Crippen LogP contribution is 2.27. The van der Waals surface area contributed by atoms with Crippen LogP contribution in [-0.4, -0.2) is 52.9 Å². The Morgan fingerprint density at radius 2 is 2.07 bits per heavy atom. The number of nitrogens with zero attached hydrogens (tertiary/aromatic N) is 4. The predicted octanol–water partition coefficient (Wildman–Crippen LogP) is 3.95. The van der Waals surface area contributed by atoms with E-state index in [0.29, 0.717) is 16.2 Å². The molecular weight excluding hydrogens is 410 g/mol. The highest BCUT2D eigenvalue weighted by Gasteiger charge is 2.19. The van der Waals surface area contributed by atoms with Crippen molar-refractivity contribution in [2.75, 3.05) is 32.3 Å². The lowest BCUT2D eigenvalue weighted by Gasteiger charge is -2.18. The summed E-state index contributed by atoms with van der Waals surface area (Å²) in [5.74, 6) is 1.33. The summed E-state index contributed by atoms with van der Waals surface area (Å²) in [5.41, 5.74) is 1.76. The summed E-state index contributed by atoms with van der Waals surface area (Å²) >= 11 is 2.59. The molecule has 1 N–H and O–H groups in total. The van der Waals surface area contributed by atoms with Gasteiger partial charge in [0.15, 0.2) is 5.13 Å². The molecule has 0 radical (unpaired) electrons. The number of aromatic nitrogens is 3. The quantitative estimate of drug-likeness (QED) is 0.507. The van der Waals surface area contributed by atoms with Gasteiger partial charge in [-0.15, -0.1) is 21.5 Å². The van der Waals surface area contributed by atoms with Crippen LogP contribution >= 0.6 is 23.1 Å². The van der Waals surface area contributed by atoms with Crippen molar-refractivity contribution in [3.05, 3.63) is 35.5 Å². The summed E-state index contributed by atoms with van der Waals surface area (Å²) in [5, 5.41) is 13.8. The van der Waals surface area contributed by atoms with E-state index >= 15 is 0 Å². The van der Waals surface area contributed by atoms with E-state index in [4.69, 9.17) is 9.15 Å². The standard InChI is InChI=1S/C19H23N5O3S2/c1-5-15(24(2)3)17-22-23-19(27-17)29-11-16(25)21-18-20-14(10-28-18)12-6-8-13(26-4)9-7-12/h6-10,15H,5,11H2,1-4H3,(H,20,21,25)/t15-/m0/s1. The molecule has 3 aromatic rings. The zero-order valence-electron chi connectivity index (χ0n) is 16.7. The lowest BCUT2D eigenvalue weighted by molar-refractivity contribution is -0.113. The Morgan fingerprint density at radius 3 is 2.72 bits per heavy atom. The number of amides is 1. The predicted molar refractivity (Wildman–Crippen MR) is 114 cm³/mol. The van der Waals surface area contributed by atoms with Crippen LogP contribution in [0.25, 0.3) is 11.3 Å². The molecule has 0 saturated carbocycles. The Hall–Kier alpha value is -2.43. The minimum atomic E-state index is -0.176. The van der Waals surface area contributed by atoms with Crippen LogP contribution < -0.4 is 10.1 Å². The molecule has 2 aromatic heterocycles. The fraction of sp³-hybridized carbons (Fsp3) is 0.368. The number of thioether (sulfide) groups is 1.